The maximum atomic E-state index is 12.7. The van der Waals surface area contributed by atoms with Crippen molar-refractivity contribution in [3.05, 3.63) is 64.8 Å². The summed E-state index contributed by atoms with van der Waals surface area (Å²) in [7, 11) is -7.75. The number of hydrogen-bond donors (Lipinski definition) is 2. The number of sulfonamides is 1. The number of halogens is 4. The molecule has 7 nitrogen and oxygen atoms in total. The fourth-order valence-electron chi connectivity index (χ4n) is 2.45. The number of anilines is 1. The van der Waals surface area contributed by atoms with E-state index in [9.17, 15) is 34.8 Å². The molecule has 0 aliphatic carbocycles. The molecule has 0 bridgehead atoms. The molecule has 0 radical (unpaired) electrons. The van der Waals surface area contributed by atoms with Crippen LogP contribution in [-0.2, 0) is 19.9 Å². The number of hydrogen-bond acceptors (Lipinski definition) is 5. The summed E-state index contributed by atoms with van der Waals surface area (Å²) in [5.74, 6) is -0.852. The fraction of sp³-hybridized carbons (Fsp3) is 0.211. The van der Waals surface area contributed by atoms with E-state index < -0.39 is 44.8 Å². The summed E-state index contributed by atoms with van der Waals surface area (Å²) in [6, 6.07) is 8.47. The molecule has 32 heavy (non-hydrogen) atoms. The monoisotopic (exact) mass is 554 g/mol. The lowest BCUT2D eigenvalue weighted by molar-refractivity contribution is -0.134. The Bertz CT molecular complexity index is 1240. The SMILES string of the molecule is C=C(CCC(F)(F)F)NC(=O)c1ccc(Br)cc1NS(=O)(=O)c1ccc(S(C)(=O)=O)cc1. The highest BCUT2D eigenvalue weighted by molar-refractivity contribution is 9.10. The van der Waals surface area contributed by atoms with Gasteiger partial charge in [-0.25, -0.2) is 16.8 Å². The molecule has 0 saturated carbocycles. The standard InChI is InChI=1S/C19H18BrF3N2O5S2/c1-12(9-10-19(21,22)23)24-18(26)16-8-3-13(20)11-17(16)25-32(29,30)15-6-4-14(5-7-15)31(2,27)28/h3-8,11,25H,1,9-10H2,2H3,(H,24,26). The second-order valence-corrected chi connectivity index (χ2v) is 11.3. The molecule has 0 aliphatic rings. The Labute approximate surface area is 191 Å². The van der Waals surface area contributed by atoms with Crippen LogP contribution < -0.4 is 10.0 Å². The first kappa shape index (κ1) is 25.9. The Hall–Kier alpha value is -2.38. The third-order valence-electron chi connectivity index (χ3n) is 4.03. The van der Waals surface area contributed by atoms with Crippen molar-refractivity contribution in [1.29, 1.82) is 0 Å². The zero-order valence-corrected chi connectivity index (χ0v) is 19.8. The van der Waals surface area contributed by atoms with Crippen LogP contribution in [0.2, 0.25) is 0 Å². The topological polar surface area (TPSA) is 109 Å². The minimum Gasteiger partial charge on any atom is -0.326 e. The Kier molecular flexibility index (Phi) is 7.79. The van der Waals surface area contributed by atoms with Gasteiger partial charge in [0, 0.05) is 22.8 Å². The second kappa shape index (κ2) is 9.63. The van der Waals surface area contributed by atoms with E-state index in [0.29, 0.717) is 4.47 Å². The van der Waals surface area contributed by atoms with Gasteiger partial charge in [0.25, 0.3) is 15.9 Å². The lowest BCUT2D eigenvalue weighted by atomic mass is 10.1. The largest absolute Gasteiger partial charge is 0.389 e. The summed E-state index contributed by atoms with van der Waals surface area (Å²) in [4.78, 5) is 12.2. The van der Waals surface area contributed by atoms with Crippen molar-refractivity contribution in [2.24, 2.45) is 0 Å². The van der Waals surface area contributed by atoms with Gasteiger partial charge in [-0.2, -0.15) is 13.2 Å². The molecule has 0 fully saturated rings. The highest BCUT2D eigenvalue weighted by Gasteiger charge is 2.27. The Morgan fingerprint density at radius 2 is 1.59 bits per heavy atom. The van der Waals surface area contributed by atoms with E-state index in [0.717, 1.165) is 30.5 Å². The molecule has 2 rings (SSSR count). The average Bonchev–Trinajstić information content (AvgIpc) is 2.65. The smallest absolute Gasteiger partial charge is 0.326 e. The van der Waals surface area contributed by atoms with Crippen LogP contribution in [0, 0.1) is 0 Å². The van der Waals surface area contributed by atoms with Gasteiger partial charge in [-0.1, -0.05) is 22.5 Å². The summed E-state index contributed by atoms with van der Waals surface area (Å²) in [5, 5.41) is 2.23. The van der Waals surface area contributed by atoms with Crippen LogP contribution in [0.25, 0.3) is 0 Å². The number of benzene rings is 2. The number of nitrogens with one attached hydrogen (secondary N) is 2. The molecule has 0 aliphatic heterocycles. The number of rotatable bonds is 8. The predicted molar refractivity (Wildman–Crippen MR) is 116 cm³/mol. The Balaban J connectivity index is 2.27. The summed E-state index contributed by atoms with van der Waals surface area (Å²) in [6.45, 7) is 3.39. The van der Waals surface area contributed by atoms with Gasteiger partial charge in [-0.3, -0.25) is 9.52 Å². The van der Waals surface area contributed by atoms with Crippen molar-refractivity contribution in [2.75, 3.05) is 11.0 Å². The Morgan fingerprint density at radius 3 is 2.12 bits per heavy atom. The van der Waals surface area contributed by atoms with Gasteiger partial charge in [0.15, 0.2) is 9.84 Å². The lowest BCUT2D eigenvalue weighted by Crippen LogP contribution is -2.25. The van der Waals surface area contributed by atoms with Crippen molar-refractivity contribution >= 4 is 47.4 Å². The molecule has 2 aromatic rings. The van der Waals surface area contributed by atoms with Crippen LogP contribution in [0.15, 0.2) is 69.0 Å². The summed E-state index contributed by atoms with van der Waals surface area (Å²) in [5.41, 5.74) is -0.481. The van der Waals surface area contributed by atoms with Gasteiger partial charge in [0.2, 0.25) is 0 Å². The average molecular weight is 555 g/mol. The highest BCUT2D eigenvalue weighted by atomic mass is 79.9. The fourth-order valence-corrected chi connectivity index (χ4v) is 4.51. The van der Waals surface area contributed by atoms with Crippen LogP contribution in [-0.4, -0.2) is 35.2 Å². The van der Waals surface area contributed by atoms with Crippen LogP contribution in [0.3, 0.4) is 0 Å². The van der Waals surface area contributed by atoms with Crippen LogP contribution in [0.4, 0.5) is 18.9 Å². The van der Waals surface area contributed by atoms with Crippen molar-refractivity contribution in [2.45, 2.75) is 28.8 Å². The molecule has 13 heteroatoms. The van der Waals surface area contributed by atoms with E-state index >= 15 is 0 Å². The van der Waals surface area contributed by atoms with E-state index in [1.54, 1.807) is 0 Å². The summed E-state index contributed by atoms with van der Waals surface area (Å²) in [6.07, 6.45) is -5.14. The molecule has 0 aromatic heterocycles. The molecule has 1 amide bonds. The number of carbonyl (C=O) groups excluding carboxylic acids is 1. The van der Waals surface area contributed by atoms with Gasteiger partial charge in [-0.15, -0.1) is 0 Å². The summed E-state index contributed by atoms with van der Waals surface area (Å²) < 4.78 is 88.3. The van der Waals surface area contributed by atoms with Gasteiger partial charge in [0.1, 0.15) is 0 Å². The van der Waals surface area contributed by atoms with E-state index in [-0.39, 0.29) is 26.7 Å². The van der Waals surface area contributed by atoms with Gasteiger partial charge in [-0.05, 0) is 48.9 Å². The number of allylic oxidation sites excluding steroid dienone is 1. The normalized spacial score (nSPS) is 12.3. The second-order valence-electron chi connectivity index (χ2n) is 6.71. The minimum atomic E-state index is -4.42. The maximum Gasteiger partial charge on any atom is 0.389 e. The molecule has 0 heterocycles. The number of carbonyl (C=O) groups is 1. The van der Waals surface area contributed by atoms with Crippen molar-refractivity contribution < 1.29 is 34.8 Å². The molecule has 0 spiro atoms. The third kappa shape index (κ3) is 7.35. The van der Waals surface area contributed by atoms with E-state index in [1.807, 2.05) is 0 Å². The zero-order chi connectivity index (χ0) is 24.3. The van der Waals surface area contributed by atoms with E-state index in [4.69, 9.17) is 0 Å². The Morgan fingerprint density at radius 1 is 1.03 bits per heavy atom. The molecule has 0 saturated heterocycles. The van der Waals surface area contributed by atoms with Crippen molar-refractivity contribution in [3.63, 3.8) is 0 Å². The molecular formula is C19H18BrF3N2O5S2. The molecular weight excluding hydrogens is 537 g/mol. The number of amides is 1. The first-order valence-electron chi connectivity index (χ1n) is 8.77. The van der Waals surface area contributed by atoms with Crippen LogP contribution >= 0.6 is 15.9 Å². The molecule has 0 unspecified atom stereocenters. The van der Waals surface area contributed by atoms with E-state index in [1.165, 1.54) is 18.2 Å². The van der Waals surface area contributed by atoms with E-state index in [2.05, 4.69) is 32.5 Å². The molecule has 2 aromatic carbocycles. The van der Waals surface area contributed by atoms with Crippen LogP contribution in [0.1, 0.15) is 23.2 Å². The zero-order valence-electron chi connectivity index (χ0n) is 16.5. The molecule has 2 N–H and O–H groups in total. The number of alkyl halides is 3. The quantitative estimate of drug-likeness (QED) is 0.507. The van der Waals surface area contributed by atoms with Crippen molar-refractivity contribution in [3.8, 4) is 0 Å². The van der Waals surface area contributed by atoms with Gasteiger partial charge >= 0.3 is 6.18 Å². The first-order valence-corrected chi connectivity index (χ1v) is 12.9. The summed E-state index contributed by atoms with van der Waals surface area (Å²) >= 11 is 3.16. The first-order chi connectivity index (χ1) is 14.6. The van der Waals surface area contributed by atoms with Gasteiger partial charge < -0.3 is 5.32 Å². The highest BCUT2D eigenvalue weighted by Crippen LogP contribution is 2.26. The van der Waals surface area contributed by atoms with Gasteiger partial charge in [0.05, 0.1) is 21.0 Å². The predicted octanol–water partition coefficient (Wildman–Crippen LogP) is 4.24. The lowest BCUT2D eigenvalue weighted by Gasteiger charge is -2.15. The third-order valence-corrected chi connectivity index (χ3v) is 7.04. The minimum absolute atomic E-state index is 0.0728. The maximum absolute atomic E-state index is 12.7. The number of sulfone groups is 1. The van der Waals surface area contributed by atoms with Crippen LogP contribution in [0.5, 0.6) is 0 Å². The molecule has 0 atom stereocenters. The molecule has 174 valence electrons. The van der Waals surface area contributed by atoms with Crippen molar-refractivity contribution in [1.82, 2.24) is 5.32 Å².